The monoisotopic (exact) mass is 580 g/mol. The summed E-state index contributed by atoms with van der Waals surface area (Å²) in [4.78, 5) is 30.8. The third-order valence-corrected chi connectivity index (χ3v) is 7.54. The Labute approximate surface area is 249 Å². The summed E-state index contributed by atoms with van der Waals surface area (Å²) in [6, 6.07) is 11.6. The van der Waals surface area contributed by atoms with E-state index in [0.717, 1.165) is 38.9 Å². The van der Waals surface area contributed by atoms with Crippen molar-refractivity contribution >= 4 is 17.4 Å². The van der Waals surface area contributed by atoms with E-state index in [9.17, 15) is 14.7 Å². The molecule has 1 unspecified atom stereocenters. The number of hydrogen-bond acceptors (Lipinski definition) is 8. The van der Waals surface area contributed by atoms with Gasteiger partial charge in [0.25, 0.3) is 11.7 Å². The van der Waals surface area contributed by atoms with Crippen molar-refractivity contribution in [3.05, 3.63) is 59.2 Å². The largest absolute Gasteiger partial charge is 0.507 e. The first-order valence-corrected chi connectivity index (χ1v) is 15.2. The van der Waals surface area contributed by atoms with Crippen molar-refractivity contribution in [2.75, 3.05) is 59.2 Å². The fraction of sp³-hybridized carbons (Fsp3) is 0.515. The summed E-state index contributed by atoms with van der Waals surface area (Å²) >= 11 is 0. The number of amides is 1. The van der Waals surface area contributed by atoms with Crippen molar-refractivity contribution in [3.63, 3.8) is 0 Å². The minimum atomic E-state index is -0.769. The summed E-state index contributed by atoms with van der Waals surface area (Å²) in [5, 5.41) is 11.5. The number of hydrogen-bond donors (Lipinski definition) is 1. The second-order valence-corrected chi connectivity index (χ2v) is 10.5. The normalized spacial score (nSPS) is 18.8. The lowest BCUT2D eigenvalue weighted by atomic mass is 9.95. The first-order chi connectivity index (χ1) is 20.5. The van der Waals surface area contributed by atoms with Crippen LogP contribution in [0.25, 0.3) is 5.76 Å². The van der Waals surface area contributed by atoms with E-state index in [1.54, 1.807) is 29.2 Å². The fourth-order valence-corrected chi connectivity index (χ4v) is 5.39. The Hall–Kier alpha value is -3.56. The number of Topliss-reactive ketones (excluding diaryl/α,β-unsaturated/α-hetero) is 1. The third kappa shape index (κ3) is 7.63. The van der Waals surface area contributed by atoms with Gasteiger partial charge in [0, 0.05) is 31.7 Å². The highest BCUT2D eigenvalue weighted by Crippen LogP contribution is 2.42. The van der Waals surface area contributed by atoms with Crippen LogP contribution in [0, 0.1) is 0 Å². The Kier molecular flexibility index (Phi) is 11.7. The summed E-state index contributed by atoms with van der Waals surface area (Å²) in [6.07, 6.45) is 3.80. The second-order valence-electron chi connectivity index (χ2n) is 10.5. The predicted octanol–water partition coefficient (Wildman–Crippen LogP) is 5.20. The lowest BCUT2D eigenvalue weighted by molar-refractivity contribution is -0.140. The molecule has 2 aliphatic rings. The molecule has 0 bridgehead atoms. The van der Waals surface area contributed by atoms with Crippen LogP contribution >= 0.6 is 0 Å². The first-order valence-electron chi connectivity index (χ1n) is 15.2. The second kappa shape index (κ2) is 15.6. The van der Waals surface area contributed by atoms with E-state index in [0.29, 0.717) is 74.4 Å². The molecule has 2 saturated heterocycles. The fourth-order valence-electron chi connectivity index (χ4n) is 5.39. The highest BCUT2D eigenvalue weighted by atomic mass is 16.5. The molecular formula is C33H44N2O7. The summed E-state index contributed by atoms with van der Waals surface area (Å²) in [5.74, 6) is 0.293. The molecule has 2 aliphatic heterocycles. The van der Waals surface area contributed by atoms with E-state index < -0.39 is 17.7 Å². The minimum Gasteiger partial charge on any atom is -0.507 e. The van der Waals surface area contributed by atoms with Crippen LogP contribution in [0.2, 0.25) is 0 Å². The molecule has 0 aromatic heterocycles. The number of aliphatic hydroxyl groups is 1. The van der Waals surface area contributed by atoms with Gasteiger partial charge in [-0.25, -0.2) is 0 Å². The van der Waals surface area contributed by atoms with E-state index in [2.05, 4.69) is 11.8 Å². The standard InChI is InChI=1S/C33H44N2O7/c1-4-7-8-20-42-27-15-12-25(23-28(27)41-6-3)30-29(31(36)24-10-13-26(14-11-24)40-5-2)32(37)33(38)35(30)17-9-16-34-18-21-39-22-19-34/h10-15,23,30,36H,4-9,16-22H2,1-3H3/b31-29+. The van der Waals surface area contributed by atoms with Gasteiger partial charge >= 0.3 is 0 Å². The van der Waals surface area contributed by atoms with Gasteiger partial charge in [-0.15, -0.1) is 0 Å². The topological polar surface area (TPSA) is 97.8 Å². The number of rotatable bonds is 15. The highest BCUT2D eigenvalue weighted by Gasteiger charge is 2.46. The molecule has 0 radical (unpaired) electrons. The molecule has 2 fully saturated rings. The van der Waals surface area contributed by atoms with Gasteiger partial charge in [-0.05, 0) is 68.7 Å². The minimum absolute atomic E-state index is 0.0644. The summed E-state index contributed by atoms with van der Waals surface area (Å²) in [6.45, 7) is 11.7. The SMILES string of the molecule is CCCCCOc1ccc(C2/C(=C(\O)c3ccc(OCC)cc3)C(=O)C(=O)N2CCCN2CCOCC2)cc1OCC. The number of carbonyl (C=O) groups excluding carboxylic acids is 2. The van der Waals surface area contributed by atoms with Gasteiger partial charge in [0.15, 0.2) is 11.5 Å². The van der Waals surface area contributed by atoms with E-state index in [1.807, 2.05) is 32.0 Å². The number of likely N-dealkylation sites (tertiary alicyclic amines) is 1. The van der Waals surface area contributed by atoms with Gasteiger partial charge in [0.1, 0.15) is 11.5 Å². The molecule has 0 aliphatic carbocycles. The molecule has 2 aromatic rings. The van der Waals surface area contributed by atoms with Crippen LogP contribution in [0.4, 0.5) is 0 Å². The number of morpholine rings is 1. The smallest absolute Gasteiger partial charge is 0.295 e. The molecule has 4 rings (SSSR count). The van der Waals surface area contributed by atoms with Crippen LogP contribution in [-0.2, 0) is 14.3 Å². The van der Waals surface area contributed by atoms with Crippen LogP contribution in [0.15, 0.2) is 48.0 Å². The first kappa shape index (κ1) is 31.4. The van der Waals surface area contributed by atoms with E-state index >= 15 is 0 Å². The molecule has 0 saturated carbocycles. The number of ketones is 1. The lowest BCUT2D eigenvalue weighted by Crippen LogP contribution is -2.39. The number of ether oxygens (including phenoxy) is 4. The Morgan fingerprint density at radius 1 is 0.881 bits per heavy atom. The van der Waals surface area contributed by atoms with E-state index in [1.165, 1.54) is 0 Å². The van der Waals surface area contributed by atoms with Crippen LogP contribution in [-0.4, -0.2) is 85.8 Å². The van der Waals surface area contributed by atoms with Crippen LogP contribution < -0.4 is 14.2 Å². The van der Waals surface area contributed by atoms with Crippen LogP contribution in [0.5, 0.6) is 17.2 Å². The summed E-state index contributed by atoms with van der Waals surface area (Å²) in [5.41, 5.74) is 1.18. The van der Waals surface area contributed by atoms with Gasteiger partial charge in [0.2, 0.25) is 0 Å². The van der Waals surface area contributed by atoms with Crippen LogP contribution in [0.3, 0.4) is 0 Å². The lowest BCUT2D eigenvalue weighted by Gasteiger charge is -2.29. The molecule has 228 valence electrons. The number of nitrogens with zero attached hydrogens (tertiary/aromatic N) is 2. The molecular weight excluding hydrogens is 536 g/mol. The molecule has 9 heteroatoms. The van der Waals surface area contributed by atoms with Crippen molar-refractivity contribution < 1.29 is 33.6 Å². The molecule has 1 N–H and O–H groups in total. The number of carbonyl (C=O) groups is 2. The Morgan fingerprint density at radius 3 is 2.31 bits per heavy atom. The van der Waals surface area contributed by atoms with Crippen molar-refractivity contribution in [2.45, 2.75) is 52.5 Å². The predicted molar refractivity (Wildman–Crippen MR) is 161 cm³/mol. The zero-order valence-electron chi connectivity index (χ0n) is 25.1. The Balaban J connectivity index is 1.69. The van der Waals surface area contributed by atoms with E-state index in [4.69, 9.17) is 18.9 Å². The number of benzene rings is 2. The average Bonchev–Trinajstić information content (AvgIpc) is 3.26. The zero-order chi connectivity index (χ0) is 29.9. The van der Waals surface area contributed by atoms with Crippen LogP contribution in [0.1, 0.15) is 63.6 Å². The van der Waals surface area contributed by atoms with Gasteiger partial charge in [-0.2, -0.15) is 0 Å². The zero-order valence-corrected chi connectivity index (χ0v) is 25.1. The van der Waals surface area contributed by atoms with Crippen molar-refractivity contribution in [1.82, 2.24) is 9.80 Å². The van der Waals surface area contributed by atoms with Gasteiger partial charge in [0.05, 0.1) is 44.6 Å². The maximum Gasteiger partial charge on any atom is 0.295 e. The molecule has 1 amide bonds. The number of aliphatic hydroxyl groups excluding tert-OH is 1. The van der Waals surface area contributed by atoms with Gasteiger partial charge in [-0.3, -0.25) is 14.5 Å². The maximum absolute atomic E-state index is 13.5. The molecule has 42 heavy (non-hydrogen) atoms. The third-order valence-electron chi connectivity index (χ3n) is 7.54. The van der Waals surface area contributed by atoms with Gasteiger partial charge < -0.3 is 29.0 Å². The Bertz CT molecular complexity index is 1220. The van der Waals surface area contributed by atoms with Gasteiger partial charge in [-0.1, -0.05) is 25.8 Å². The quantitative estimate of drug-likeness (QED) is 0.133. The highest BCUT2D eigenvalue weighted by molar-refractivity contribution is 6.46. The van der Waals surface area contributed by atoms with Crippen molar-refractivity contribution in [2.24, 2.45) is 0 Å². The summed E-state index contributed by atoms with van der Waals surface area (Å²) < 4.78 is 22.9. The average molecular weight is 581 g/mol. The van der Waals surface area contributed by atoms with Crippen molar-refractivity contribution in [3.8, 4) is 17.2 Å². The van der Waals surface area contributed by atoms with E-state index in [-0.39, 0.29) is 11.3 Å². The molecule has 1 atom stereocenters. The summed E-state index contributed by atoms with van der Waals surface area (Å²) in [7, 11) is 0. The molecule has 0 spiro atoms. The maximum atomic E-state index is 13.5. The molecule has 2 aromatic carbocycles. The molecule has 2 heterocycles. The Morgan fingerprint density at radius 2 is 1.62 bits per heavy atom. The van der Waals surface area contributed by atoms with Crippen molar-refractivity contribution in [1.29, 1.82) is 0 Å². The number of unbranched alkanes of at least 4 members (excludes halogenated alkanes) is 2. The molecule has 9 nitrogen and oxygen atoms in total.